The summed E-state index contributed by atoms with van der Waals surface area (Å²) < 4.78 is 0. The number of aromatic carboxylic acids is 1. The minimum absolute atomic E-state index is 0.0710. The number of hydrogen-bond donors (Lipinski definition) is 5. The summed E-state index contributed by atoms with van der Waals surface area (Å²) in [7, 11) is 0. The van der Waals surface area contributed by atoms with E-state index in [0.717, 1.165) is 12.8 Å². The second-order valence-electron chi connectivity index (χ2n) is 6.39. The summed E-state index contributed by atoms with van der Waals surface area (Å²) >= 11 is 1.27. The molecule has 3 aromatic rings. The molecule has 1 aliphatic rings. The third kappa shape index (κ3) is 3.56. The van der Waals surface area contributed by atoms with Gasteiger partial charge in [-0.3, -0.25) is 4.79 Å². The van der Waals surface area contributed by atoms with E-state index in [1.807, 2.05) is 0 Å². The third-order valence-corrected chi connectivity index (χ3v) is 5.68. The summed E-state index contributed by atoms with van der Waals surface area (Å²) in [4.78, 5) is 39.4. The zero-order chi connectivity index (χ0) is 19.8. The Bertz CT molecular complexity index is 1080. The van der Waals surface area contributed by atoms with Crippen LogP contribution in [0, 0.1) is 5.92 Å². The number of nitrogens with zero attached hydrogens (tertiary/aromatic N) is 3. The van der Waals surface area contributed by atoms with Crippen LogP contribution < -0.4 is 11.1 Å². The highest BCUT2D eigenvalue weighted by Crippen LogP contribution is 2.43. The van der Waals surface area contributed by atoms with Crippen LogP contribution >= 0.6 is 11.8 Å². The molecule has 1 fully saturated rings. The molecule has 0 bridgehead atoms. The lowest BCUT2D eigenvalue weighted by Crippen LogP contribution is -2.27. The number of carboxylic acid groups (broad SMARTS) is 1. The van der Waals surface area contributed by atoms with Crippen molar-refractivity contribution in [1.82, 2.24) is 19.9 Å². The number of phenols is 1. The van der Waals surface area contributed by atoms with Gasteiger partial charge in [0.25, 0.3) is 0 Å². The highest BCUT2D eigenvalue weighted by atomic mass is 32.2. The molecule has 144 valence electrons. The van der Waals surface area contributed by atoms with E-state index in [0.29, 0.717) is 21.9 Å². The molecule has 0 aliphatic heterocycles. The average molecular weight is 400 g/mol. The molecule has 1 amide bonds. The smallest absolute Gasteiger partial charge is 0.339 e. The Morgan fingerprint density at radius 2 is 2.11 bits per heavy atom. The van der Waals surface area contributed by atoms with Crippen molar-refractivity contribution in [2.75, 3.05) is 11.1 Å². The summed E-state index contributed by atoms with van der Waals surface area (Å²) in [5, 5.41) is 21.6. The minimum Gasteiger partial charge on any atom is -0.507 e. The van der Waals surface area contributed by atoms with Crippen molar-refractivity contribution in [1.29, 1.82) is 0 Å². The number of aromatic hydroxyl groups is 1. The normalized spacial score (nSPS) is 14.7. The lowest BCUT2D eigenvalue weighted by molar-refractivity contribution is -0.116. The summed E-state index contributed by atoms with van der Waals surface area (Å²) in [6, 6.07) is 3.90. The van der Waals surface area contributed by atoms with Crippen LogP contribution in [-0.2, 0) is 4.79 Å². The number of aromatic amines is 1. The molecule has 28 heavy (non-hydrogen) atoms. The minimum atomic E-state index is -1.28. The summed E-state index contributed by atoms with van der Waals surface area (Å²) in [6.45, 7) is 0. The predicted octanol–water partition coefficient (Wildman–Crippen LogP) is 1.85. The number of benzene rings is 1. The molecule has 6 N–H and O–H groups in total. The predicted molar refractivity (Wildman–Crippen MR) is 102 cm³/mol. The van der Waals surface area contributed by atoms with Gasteiger partial charge in [0.2, 0.25) is 11.9 Å². The van der Waals surface area contributed by atoms with Gasteiger partial charge < -0.3 is 26.2 Å². The topological polar surface area (TPSA) is 167 Å². The molecule has 2 heterocycles. The first kappa shape index (κ1) is 18.0. The van der Waals surface area contributed by atoms with Crippen molar-refractivity contribution in [3.05, 3.63) is 30.1 Å². The van der Waals surface area contributed by atoms with Crippen molar-refractivity contribution in [2.45, 2.75) is 23.1 Å². The number of carbonyl (C=O) groups excluding carboxylic acids is 1. The number of nitrogens with two attached hydrogens (primary N) is 1. The number of H-pyrrole nitrogens is 1. The van der Waals surface area contributed by atoms with Gasteiger partial charge in [0.05, 0.1) is 11.6 Å². The van der Waals surface area contributed by atoms with Crippen LogP contribution in [0.4, 0.5) is 11.6 Å². The Kier molecular flexibility index (Phi) is 4.51. The maximum Gasteiger partial charge on any atom is 0.339 e. The summed E-state index contributed by atoms with van der Waals surface area (Å²) in [6.07, 6.45) is 3.31. The molecule has 0 radical (unpaired) electrons. The van der Waals surface area contributed by atoms with E-state index in [1.165, 1.54) is 36.3 Å². The van der Waals surface area contributed by atoms with Gasteiger partial charge in [0.15, 0.2) is 5.65 Å². The Balaban J connectivity index is 1.58. The number of amides is 1. The van der Waals surface area contributed by atoms with Gasteiger partial charge in [-0.25, -0.2) is 14.8 Å². The second-order valence-corrected chi connectivity index (χ2v) is 7.52. The third-order valence-electron chi connectivity index (χ3n) is 4.31. The van der Waals surface area contributed by atoms with Crippen LogP contribution in [-0.4, -0.2) is 47.3 Å². The summed E-state index contributed by atoms with van der Waals surface area (Å²) in [5.74, 6) is -1.67. The van der Waals surface area contributed by atoms with E-state index >= 15 is 0 Å². The van der Waals surface area contributed by atoms with E-state index in [1.54, 1.807) is 0 Å². The largest absolute Gasteiger partial charge is 0.507 e. The Morgan fingerprint density at radius 3 is 2.82 bits per heavy atom. The Hall–Kier alpha value is -3.34. The zero-order valence-corrected chi connectivity index (χ0v) is 15.2. The molecule has 0 spiro atoms. The van der Waals surface area contributed by atoms with E-state index in [-0.39, 0.29) is 29.1 Å². The number of fused-ring (bicyclic) bond motifs is 1. The number of nitrogens with one attached hydrogen (secondary N) is 2. The van der Waals surface area contributed by atoms with Gasteiger partial charge in [-0.1, -0.05) is 11.8 Å². The highest BCUT2D eigenvalue weighted by Gasteiger charge is 2.38. The van der Waals surface area contributed by atoms with Crippen molar-refractivity contribution in [3.63, 3.8) is 0 Å². The van der Waals surface area contributed by atoms with Crippen LogP contribution in [0.2, 0.25) is 0 Å². The molecule has 1 aliphatic carbocycles. The second kappa shape index (κ2) is 7.00. The number of hydrogen-bond acceptors (Lipinski definition) is 8. The van der Waals surface area contributed by atoms with Gasteiger partial charge >= 0.3 is 5.97 Å². The molecule has 2 aromatic heterocycles. The van der Waals surface area contributed by atoms with E-state index in [4.69, 9.17) is 10.8 Å². The molecule has 0 saturated heterocycles. The number of rotatable bonds is 6. The van der Waals surface area contributed by atoms with Crippen LogP contribution in [0.25, 0.3) is 11.2 Å². The number of nitrogen functional groups attached to an aromatic ring is 1. The zero-order valence-electron chi connectivity index (χ0n) is 14.4. The fraction of sp³-hybridized carbons (Fsp3) is 0.235. The highest BCUT2D eigenvalue weighted by molar-refractivity contribution is 8.00. The molecule has 1 aromatic carbocycles. The molecule has 11 heteroatoms. The number of imidazole rings is 1. The maximum absolute atomic E-state index is 12.9. The maximum atomic E-state index is 12.9. The van der Waals surface area contributed by atoms with Crippen molar-refractivity contribution in [2.24, 2.45) is 5.92 Å². The Morgan fingerprint density at radius 1 is 1.32 bits per heavy atom. The van der Waals surface area contributed by atoms with Gasteiger partial charge in [-0.2, -0.15) is 4.98 Å². The SMILES string of the molecule is Nc1nc(S[C@@H](C(=O)Nc2ccc(O)c(C(=O)O)c2)C2CC2)c2[nH]cnc2n1. The molecule has 1 atom stereocenters. The monoisotopic (exact) mass is 400 g/mol. The van der Waals surface area contributed by atoms with E-state index in [9.17, 15) is 14.7 Å². The first-order valence-corrected chi connectivity index (χ1v) is 9.31. The van der Waals surface area contributed by atoms with E-state index < -0.39 is 11.2 Å². The molecule has 0 unspecified atom stereocenters. The molecule has 1 saturated carbocycles. The van der Waals surface area contributed by atoms with Crippen molar-refractivity contribution in [3.8, 4) is 5.75 Å². The van der Waals surface area contributed by atoms with Crippen LogP contribution in [0.1, 0.15) is 23.2 Å². The molecule has 10 nitrogen and oxygen atoms in total. The van der Waals surface area contributed by atoms with Crippen molar-refractivity contribution >= 4 is 46.4 Å². The number of thioether (sulfide) groups is 1. The number of carbonyl (C=O) groups is 2. The number of aromatic nitrogens is 4. The quantitative estimate of drug-likeness (QED) is 0.235. The van der Waals surface area contributed by atoms with Crippen molar-refractivity contribution < 1.29 is 19.8 Å². The Labute approximate surface area is 162 Å². The van der Waals surface area contributed by atoms with Crippen LogP contribution in [0.5, 0.6) is 5.75 Å². The molecule has 4 rings (SSSR count). The van der Waals surface area contributed by atoms with Crippen LogP contribution in [0.15, 0.2) is 29.6 Å². The fourth-order valence-corrected chi connectivity index (χ4v) is 4.07. The summed E-state index contributed by atoms with van der Waals surface area (Å²) in [5.41, 5.74) is 6.78. The number of anilines is 2. The first-order valence-electron chi connectivity index (χ1n) is 8.43. The lowest BCUT2D eigenvalue weighted by Gasteiger charge is -2.16. The average Bonchev–Trinajstić information content (AvgIpc) is 3.37. The molecular weight excluding hydrogens is 384 g/mol. The first-order chi connectivity index (χ1) is 13.4. The fourth-order valence-electron chi connectivity index (χ4n) is 2.79. The standard InChI is InChI=1S/C17H16N6O4S/c18-17-22-13-11(19-6-20-13)15(23-17)28-12(7-1-2-7)14(25)21-8-3-4-10(24)9(5-8)16(26)27/h3-7,12,24H,1-2H2,(H,21,25)(H,26,27)(H3,18,19,20,22,23)/t12-/m1/s1. The van der Waals surface area contributed by atoms with E-state index in [2.05, 4.69) is 25.3 Å². The van der Waals surface area contributed by atoms with Gasteiger partial charge in [0.1, 0.15) is 21.9 Å². The van der Waals surface area contributed by atoms with Gasteiger partial charge in [0, 0.05) is 5.69 Å². The number of carboxylic acids is 1. The van der Waals surface area contributed by atoms with Gasteiger partial charge in [-0.05, 0) is 37.0 Å². The molecular formula is C17H16N6O4S. The van der Waals surface area contributed by atoms with Crippen LogP contribution in [0.3, 0.4) is 0 Å². The lowest BCUT2D eigenvalue weighted by atomic mass is 10.1. The van der Waals surface area contributed by atoms with Gasteiger partial charge in [-0.15, -0.1) is 0 Å².